The summed E-state index contributed by atoms with van der Waals surface area (Å²) < 4.78 is 18.9. The maximum absolute atomic E-state index is 13.4. The first-order chi connectivity index (χ1) is 13.9. The lowest BCUT2D eigenvalue weighted by molar-refractivity contribution is -0.126. The van der Waals surface area contributed by atoms with Crippen LogP contribution in [0.1, 0.15) is 71.6 Å². The summed E-state index contributed by atoms with van der Waals surface area (Å²) >= 11 is 0. The van der Waals surface area contributed by atoms with Crippen molar-refractivity contribution in [1.82, 2.24) is 21.5 Å². The number of amides is 1. The van der Waals surface area contributed by atoms with E-state index in [4.69, 9.17) is 9.73 Å². The summed E-state index contributed by atoms with van der Waals surface area (Å²) in [7, 11) is 1.72. The number of methoxy groups -OCH3 is 1. The number of guanidine groups is 1. The molecule has 1 saturated heterocycles. The number of rotatable bonds is 5. The van der Waals surface area contributed by atoms with Crippen molar-refractivity contribution in [2.75, 3.05) is 7.11 Å². The van der Waals surface area contributed by atoms with E-state index in [1.165, 1.54) is 0 Å². The molecule has 0 aromatic heterocycles. The first-order valence-corrected chi connectivity index (χ1v) is 11.3. The van der Waals surface area contributed by atoms with Crippen molar-refractivity contribution in [3.05, 3.63) is 0 Å². The van der Waals surface area contributed by atoms with Crippen molar-refractivity contribution in [2.24, 2.45) is 16.8 Å². The Balaban J connectivity index is 1.56. The lowest BCUT2D eigenvalue weighted by atomic mass is 9.82. The number of halogens is 1. The van der Waals surface area contributed by atoms with E-state index in [0.717, 1.165) is 44.9 Å². The van der Waals surface area contributed by atoms with Crippen LogP contribution in [0.3, 0.4) is 0 Å². The van der Waals surface area contributed by atoms with Crippen molar-refractivity contribution in [3.8, 4) is 0 Å². The Morgan fingerprint density at radius 3 is 2.55 bits per heavy atom. The molecule has 7 nitrogen and oxygen atoms in total. The Hall–Kier alpha value is -1.25. The van der Waals surface area contributed by atoms with Crippen LogP contribution in [0, 0.1) is 11.8 Å². The number of nitrogens with one attached hydrogen (secondary N) is 4. The number of aliphatic imine (C=N–C) groups is 1. The zero-order valence-electron chi connectivity index (χ0n) is 18.0. The normalized spacial score (nSPS) is 36.2. The first kappa shape index (κ1) is 22.4. The molecule has 2 saturated carbocycles. The van der Waals surface area contributed by atoms with E-state index >= 15 is 0 Å². The third kappa shape index (κ3) is 6.62. The molecule has 3 fully saturated rings. The van der Waals surface area contributed by atoms with Crippen molar-refractivity contribution >= 4 is 11.9 Å². The molecule has 1 amide bonds. The fourth-order valence-electron chi connectivity index (χ4n) is 4.79. The molecule has 0 bridgehead atoms. The number of hydrazine groups is 1. The highest BCUT2D eigenvalue weighted by molar-refractivity contribution is 5.98. The molecule has 4 N–H and O–H groups in total. The zero-order valence-corrected chi connectivity index (χ0v) is 18.0. The van der Waals surface area contributed by atoms with Crippen LogP contribution in [0.15, 0.2) is 4.99 Å². The van der Waals surface area contributed by atoms with Crippen LogP contribution in [0.5, 0.6) is 0 Å². The van der Waals surface area contributed by atoms with Crippen molar-refractivity contribution in [1.29, 1.82) is 0 Å². The molecule has 3 rings (SSSR count). The SMILES string of the molecule is COC1CCCC(C(=O)N/C(=N/C2CC(C3CCC(F)CC3)NN2)NC(C)C)C1. The molecule has 4 unspecified atom stereocenters. The molecule has 166 valence electrons. The Morgan fingerprint density at radius 2 is 1.86 bits per heavy atom. The van der Waals surface area contributed by atoms with Crippen LogP contribution in [0.25, 0.3) is 0 Å². The van der Waals surface area contributed by atoms with Crippen molar-refractivity contribution in [2.45, 2.75) is 102 Å². The summed E-state index contributed by atoms with van der Waals surface area (Å²) in [6.45, 7) is 4.06. The van der Waals surface area contributed by atoms with Crippen LogP contribution < -0.4 is 21.5 Å². The van der Waals surface area contributed by atoms with E-state index < -0.39 is 6.17 Å². The molecule has 0 aromatic carbocycles. The zero-order chi connectivity index (χ0) is 20.8. The lowest BCUT2D eigenvalue weighted by Crippen LogP contribution is -2.48. The molecule has 0 spiro atoms. The van der Waals surface area contributed by atoms with Gasteiger partial charge in [-0.2, -0.15) is 0 Å². The fourth-order valence-corrected chi connectivity index (χ4v) is 4.79. The van der Waals surface area contributed by atoms with Gasteiger partial charge in [-0.1, -0.05) is 6.42 Å². The van der Waals surface area contributed by atoms with Gasteiger partial charge in [-0.25, -0.2) is 14.8 Å². The number of hydrogen-bond acceptors (Lipinski definition) is 5. The largest absolute Gasteiger partial charge is 0.381 e. The Labute approximate surface area is 174 Å². The summed E-state index contributed by atoms with van der Waals surface area (Å²) in [5.74, 6) is 0.990. The predicted octanol–water partition coefficient (Wildman–Crippen LogP) is 2.38. The summed E-state index contributed by atoms with van der Waals surface area (Å²) in [4.78, 5) is 17.6. The monoisotopic (exact) mass is 411 g/mol. The fraction of sp³-hybridized carbons (Fsp3) is 0.905. The van der Waals surface area contributed by atoms with Gasteiger partial charge in [0, 0.05) is 31.5 Å². The van der Waals surface area contributed by atoms with Crippen LogP contribution >= 0.6 is 0 Å². The van der Waals surface area contributed by atoms with Gasteiger partial charge in [0.1, 0.15) is 12.3 Å². The standard InChI is InChI=1S/C21H38FN5O2/c1-13(2)23-21(25-20(28)15-5-4-6-17(11-15)29-3)24-19-12-18(26-27-19)14-7-9-16(22)10-8-14/h13-19,26-27H,4-12H2,1-3H3,(H2,23,24,25,28). The molecular formula is C21H38FN5O2. The van der Waals surface area contributed by atoms with E-state index in [2.05, 4.69) is 21.5 Å². The molecule has 1 aliphatic heterocycles. The van der Waals surface area contributed by atoms with Gasteiger partial charge in [0.15, 0.2) is 5.96 Å². The third-order valence-electron chi connectivity index (χ3n) is 6.47. The molecular weight excluding hydrogens is 373 g/mol. The first-order valence-electron chi connectivity index (χ1n) is 11.3. The van der Waals surface area contributed by atoms with E-state index in [-0.39, 0.29) is 30.1 Å². The van der Waals surface area contributed by atoms with Gasteiger partial charge >= 0.3 is 0 Å². The maximum atomic E-state index is 13.4. The molecule has 3 aliphatic rings. The second kappa shape index (κ2) is 10.7. The van der Waals surface area contributed by atoms with Gasteiger partial charge < -0.3 is 10.1 Å². The third-order valence-corrected chi connectivity index (χ3v) is 6.47. The number of hydrogen-bond donors (Lipinski definition) is 4. The van der Waals surface area contributed by atoms with Crippen molar-refractivity contribution < 1.29 is 13.9 Å². The molecule has 2 aliphatic carbocycles. The highest BCUT2D eigenvalue weighted by atomic mass is 19.1. The molecule has 1 heterocycles. The molecule has 8 heteroatoms. The van der Waals surface area contributed by atoms with Crippen LogP contribution in [0.2, 0.25) is 0 Å². The quantitative estimate of drug-likeness (QED) is 0.412. The number of carbonyl (C=O) groups is 1. The minimum Gasteiger partial charge on any atom is -0.381 e. The lowest BCUT2D eigenvalue weighted by Gasteiger charge is -2.28. The number of ether oxygens (including phenoxy) is 1. The Morgan fingerprint density at radius 1 is 1.10 bits per heavy atom. The van der Waals surface area contributed by atoms with Gasteiger partial charge in [-0.05, 0) is 64.7 Å². The minimum atomic E-state index is -0.635. The number of alkyl halides is 1. The van der Waals surface area contributed by atoms with E-state index in [9.17, 15) is 9.18 Å². The minimum absolute atomic E-state index is 0.0161. The van der Waals surface area contributed by atoms with Gasteiger partial charge in [0.2, 0.25) is 5.91 Å². The highest BCUT2D eigenvalue weighted by Gasteiger charge is 2.33. The van der Waals surface area contributed by atoms with E-state index in [1.807, 2.05) is 13.8 Å². The number of carbonyl (C=O) groups excluding carboxylic acids is 1. The molecule has 29 heavy (non-hydrogen) atoms. The van der Waals surface area contributed by atoms with E-state index in [1.54, 1.807) is 7.11 Å². The maximum Gasteiger partial charge on any atom is 0.229 e. The highest BCUT2D eigenvalue weighted by Crippen LogP contribution is 2.31. The van der Waals surface area contributed by atoms with Gasteiger partial charge in [-0.15, -0.1) is 0 Å². The summed E-state index contributed by atoms with van der Waals surface area (Å²) in [6, 6.07) is 0.463. The van der Waals surface area contributed by atoms with Crippen LogP contribution in [0.4, 0.5) is 4.39 Å². The van der Waals surface area contributed by atoms with Gasteiger partial charge in [-0.3, -0.25) is 15.5 Å². The van der Waals surface area contributed by atoms with E-state index in [0.29, 0.717) is 30.8 Å². The van der Waals surface area contributed by atoms with Crippen LogP contribution in [-0.2, 0) is 9.53 Å². The average molecular weight is 412 g/mol. The van der Waals surface area contributed by atoms with Crippen molar-refractivity contribution in [3.63, 3.8) is 0 Å². The molecule has 4 atom stereocenters. The summed E-state index contributed by atoms with van der Waals surface area (Å²) in [6.07, 6.45) is 7.13. The average Bonchev–Trinajstić information content (AvgIpc) is 3.16. The summed E-state index contributed by atoms with van der Waals surface area (Å²) in [5, 5.41) is 6.29. The summed E-state index contributed by atoms with van der Waals surface area (Å²) in [5.41, 5.74) is 6.59. The predicted molar refractivity (Wildman–Crippen MR) is 112 cm³/mol. The second-order valence-corrected chi connectivity index (χ2v) is 9.15. The number of nitrogens with zero attached hydrogens (tertiary/aromatic N) is 1. The smallest absolute Gasteiger partial charge is 0.229 e. The molecule has 0 radical (unpaired) electrons. The van der Waals surface area contributed by atoms with Gasteiger partial charge in [0.05, 0.1) is 6.10 Å². The second-order valence-electron chi connectivity index (χ2n) is 9.15. The Kier molecular flexibility index (Phi) is 8.26. The Bertz CT molecular complexity index is 565. The topological polar surface area (TPSA) is 86.8 Å². The van der Waals surface area contributed by atoms with Gasteiger partial charge in [0.25, 0.3) is 0 Å². The van der Waals surface area contributed by atoms with Crippen LogP contribution in [-0.4, -0.2) is 49.5 Å². The molecule has 0 aromatic rings.